The number of aryl methyl sites for hydroxylation is 1. The lowest BCUT2D eigenvalue weighted by molar-refractivity contribution is 0.564. The van der Waals surface area contributed by atoms with Gasteiger partial charge in [-0.2, -0.15) is 0 Å². The third-order valence-electron chi connectivity index (χ3n) is 2.64. The van der Waals surface area contributed by atoms with E-state index in [1.54, 1.807) is 0 Å². The van der Waals surface area contributed by atoms with Gasteiger partial charge in [-0.25, -0.2) is 0 Å². The second-order valence-corrected chi connectivity index (χ2v) is 3.49. The Morgan fingerprint density at radius 1 is 1.46 bits per heavy atom. The summed E-state index contributed by atoms with van der Waals surface area (Å²) in [5, 5.41) is 3.47. The van der Waals surface area contributed by atoms with Crippen molar-refractivity contribution >= 4 is 0 Å². The number of nitrogens with one attached hydrogen (secondary N) is 1. The van der Waals surface area contributed by atoms with Crippen molar-refractivity contribution in [1.29, 1.82) is 0 Å². The SMILES string of the molecule is C=CCN[C@@H]1CCc2ccccc21. The first-order valence-corrected chi connectivity index (χ1v) is 4.84. The van der Waals surface area contributed by atoms with Gasteiger partial charge >= 0.3 is 0 Å². The van der Waals surface area contributed by atoms with Crippen molar-refractivity contribution in [1.82, 2.24) is 5.32 Å². The number of hydrogen-bond donors (Lipinski definition) is 1. The summed E-state index contributed by atoms with van der Waals surface area (Å²) in [5.41, 5.74) is 2.98. The Bertz CT molecular complexity index is 304. The van der Waals surface area contributed by atoms with Crippen molar-refractivity contribution in [3.8, 4) is 0 Å². The Morgan fingerprint density at radius 3 is 3.15 bits per heavy atom. The molecule has 0 spiro atoms. The summed E-state index contributed by atoms with van der Waals surface area (Å²) in [5.74, 6) is 0. The lowest BCUT2D eigenvalue weighted by Gasteiger charge is -2.11. The minimum Gasteiger partial charge on any atom is -0.306 e. The fourth-order valence-corrected chi connectivity index (χ4v) is 1.99. The van der Waals surface area contributed by atoms with Gasteiger partial charge in [-0.15, -0.1) is 6.58 Å². The molecule has 0 aromatic heterocycles. The van der Waals surface area contributed by atoms with Crippen LogP contribution in [0, 0.1) is 0 Å². The minimum atomic E-state index is 0.550. The second-order valence-electron chi connectivity index (χ2n) is 3.49. The molecule has 1 heteroatoms. The monoisotopic (exact) mass is 173 g/mol. The molecule has 0 saturated heterocycles. The first kappa shape index (κ1) is 8.52. The Hall–Kier alpha value is -1.08. The third-order valence-corrected chi connectivity index (χ3v) is 2.64. The lowest BCUT2D eigenvalue weighted by Crippen LogP contribution is -2.18. The predicted octanol–water partition coefficient (Wildman–Crippen LogP) is 2.45. The maximum atomic E-state index is 3.72. The molecule has 68 valence electrons. The quantitative estimate of drug-likeness (QED) is 0.692. The van der Waals surface area contributed by atoms with Crippen molar-refractivity contribution in [3.63, 3.8) is 0 Å². The molecule has 1 N–H and O–H groups in total. The number of fused-ring (bicyclic) bond motifs is 1. The van der Waals surface area contributed by atoms with Gasteiger partial charge in [0, 0.05) is 12.6 Å². The van der Waals surface area contributed by atoms with Crippen molar-refractivity contribution in [2.24, 2.45) is 0 Å². The Kier molecular flexibility index (Phi) is 2.46. The largest absolute Gasteiger partial charge is 0.306 e. The van der Waals surface area contributed by atoms with E-state index in [0.29, 0.717) is 6.04 Å². The van der Waals surface area contributed by atoms with Gasteiger partial charge in [0.2, 0.25) is 0 Å². The summed E-state index contributed by atoms with van der Waals surface area (Å²) in [7, 11) is 0. The molecule has 0 aliphatic heterocycles. The molecule has 1 aromatic carbocycles. The summed E-state index contributed by atoms with van der Waals surface area (Å²) >= 11 is 0. The molecule has 0 amide bonds. The van der Waals surface area contributed by atoms with E-state index in [-0.39, 0.29) is 0 Å². The summed E-state index contributed by atoms with van der Waals surface area (Å²) in [4.78, 5) is 0. The molecule has 0 bridgehead atoms. The van der Waals surface area contributed by atoms with Crippen LogP contribution < -0.4 is 5.32 Å². The van der Waals surface area contributed by atoms with Crippen LogP contribution in [0.5, 0.6) is 0 Å². The van der Waals surface area contributed by atoms with Crippen LogP contribution in [0.1, 0.15) is 23.6 Å². The van der Waals surface area contributed by atoms with E-state index in [9.17, 15) is 0 Å². The zero-order valence-corrected chi connectivity index (χ0v) is 7.79. The normalized spacial score (nSPS) is 19.8. The van der Waals surface area contributed by atoms with Crippen LogP contribution in [0.3, 0.4) is 0 Å². The molecular weight excluding hydrogens is 158 g/mol. The average Bonchev–Trinajstić information content (AvgIpc) is 2.58. The average molecular weight is 173 g/mol. The molecule has 0 heterocycles. The van der Waals surface area contributed by atoms with Crippen LogP contribution in [0.15, 0.2) is 36.9 Å². The minimum absolute atomic E-state index is 0.550. The molecule has 0 radical (unpaired) electrons. The van der Waals surface area contributed by atoms with E-state index in [1.807, 2.05) is 6.08 Å². The molecule has 13 heavy (non-hydrogen) atoms. The molecular formula is C12H15N. The third kappa shape index (κ3) is 1.65. The Morgan fingerprint density at radius 2 is 2.31 bits per heavy atom. The zero-order valence-electron chi connectivity index (χ0n) is 7.79. The van der Waals surface area contributed by atoms with Crippen LogP contribution in [0.4, 0.5) is 0 Å². The van der Waals surface area contributed by atoms with Crippen LogP contribution in [0.25, 0.3) is 0 Å². The zero-order chi connectivity index (χ0) is 9.10. The number of benzene rings is 1. The summed E-state index contributed by atoms with van der Waals surface area (Å²) in [6.07, 6.45) is 4.36. The van der Waals surface area contributed by atoms with E-state index in [0.717, 1.165) is 6.54 Å². The van der Waals surface area contributed by atoms with E-state index < -0.39 is 0 Å². The van der Waals surface area contributed by atoms with Crippen LogP contribution in [-0.2, 0) is 6.42 Å². The van der Waals surface area contributed by atoms with Crippen molar-refractivity contribution < 1.29 is 0 Å². The summed E-state index contributed by atoms with van der Waals surface area (Å²) in [6, 6.07) is 9.24. The summed E-state index contributed by atoms with van der Waals surface area (Å²) in [6.45, 7) is 4.62. The Balaban J connectivity index is 2.13. The first-order chi connectivity index (χ1) is 6.42. The fraction of sp³-hybridized carbons (Fsp3) is 0.333. The van der Waals surface area contributed by atoms with Gasteiger partial charge in [0.25, 0.3) is 0 Å². The van der Waals surface area contributed by atoms with Crippen molar-refractivity contribution in [2.45, 2.75) is 18.9 Å². The van der Waals surface area contributed by atoms with E-state index >= 15 is 0 Å². The molecule has 0 unspecified atom stereocenters. The maximum absolute atomic E-state index is 3.72. The predicted molar refractivity (Wildman–Crippen MR) is 55.7 cm³/mol. The van der Waals surface area contributed by atoms with Gasteiger partial charge in [-0.1, -0.05) is 30.3 Å². The van der Waals surface area contributed by atoms with Crippen molar-refractivity contribution in [3.05, 3.63) is 48.0 Å². The number of rotatable bonds is 3. The van der Waals surface area contributed by atoms with Gasteiger partial charge in [0.05, 0.1) is 0 Å². The lowest BCUT2D eigenvalue weighted by atomic mass is 10.1. The van der Waals surface area contributed by atoms with Crippen LogP contribution in [0.2, 0.25) is 0 Å². The van der Waals surface area contributed by atoms with Gasteiger partial charge in [-0.3, -0.25) is 0 Å². The molecule has 1 aliphatic carbocycles. The highest BCUT2D eigenvalue weighted by Crippen LogP contribution is 2.30. The topological polar surface area (TPSA) is 12.0 Å². The highest BCUT2D eigenvalue weighted by Gasteiger charge is 2.20. The molecule has 1 aliphatic rings. The van der Waals surface area contributed by atoms with Gasteiger partial charge in [-0.05, 0) is 24.0 Å². The van der Waals surface area contributed by atoms with Crippen LogP contribution >= 0.6 is 0 Å². The van der Waals surface area contributed by atoms with Gasteiger partial charge < -0.3 is 5.32 Å². The van der Waals surface area contributed by atoms with Gasteiger partial charge in [0.15, 0.2) is 0 Å². The molecule has 1 atom stereocenters. The van der Waals surface area contributed by atoms with E-state index in [2.05, 4.69) is 36.2 Å². The standard InChI is InChI=1S/C12H15N/c1-2-9-13-12-8-7-10-5-3-4-6-11(10)12/h2-6,12-13H,1,7-9H2/t12-/m1/s1. The molecule has 2 rings (SSSR count). The maximum Gasteiger partial charge on any atom is 0.0328 e. The summed E-state index contributed by atoms with van der Waals surface area (Å²) < 4.78 is 0. The Labute approximate surface area is 79.5 Å². The van der Waals surface area contributed by atoms with Gasteiger partial charge in [0.1, 0.15) is 0 Å². The van der Waals surface area contributed by atoms with E-state index in [1.165, 1.54) is 24.0 Å². The highest BCUT2D eigenvalue weighted by atomic mass is 14.9. The van der Waals surface area contributed by atoms with Crippen LogP contribution in [-0.4, -0.2) is 6.54 Å². The molecule has 0 saturated carbocycles. The first-order valence-electron chi connectivity index (χ1n) is 4.84. The highest BCUT2D eigenvalue weighted by molar-refractivity contribution is 5.34. The van der Waals surface area contributed by atoms with E-state index in [4.69, 9.17) is 0 Å². The van der Waals surface area contributed by atoms with Crippen molar-refractivity contribution in [2.75, 3.05) is 6.54 Å². The molecule has 1 aromatic rings. The smallest absolute Gasteiger partial charge is 0.0328 e. The fourth-order valence-electron chi connectivity index (χ4n) is 1.99. The molecule has 1 nitrogen and oxygen atoms in total. The second kappa shape index (κ2) is 3.75. The molecule has 0 fully saturated rings. The number of hydrogen-bond acceptors (Lipinski definition) is 1.